The van der Waals surface area contributed by atoms with Crippen molar-refractivity contribution >= 4 is 10.0 Å². The Hall–Kier alpha value is -1.11. The van der Waals surface area contributed by atoms with Crippen molar-refractivity contribution in [1.29, 1.82) is 0 Å². The predicted octanol–water partition coefficient (Wildman–Crippen LogP) is 1.26. The van der Waals surface area contributed by atoms with Gasteiger partial charge in [0.1, 0.15) is 10.6 Å². The number of likely N-dealkylation sites (N-methyl/N-ethyl adjacent to an activating group) is 1. The van der Waals surface area contributed by atoms with Crippen molar-refractivity contribution < 1.29 is 13.5 Å². The van der Waals surface area contributed by atoms with Crippen molar-refractivity contribution in [2.75, 3.05) is 20.6 Å². The SMILES string of the molecule is CC(C)C(CN(C)C)NS(=O)(=O)c1ccccc1O. The van der Waals surface area contributed by atoms with Gasteiger partial charge in [0.05, 0.1) is 0 Å². The maximum atomic E-state index is 12.3. The lowest BCUT2D eigenvalue weighted by Crippen LogP contribution is -2.44. The molecule has 0 heterocycles. The van der Waals surface area contributed by atoms with Gasteiger partial charge < -0.3 is 10.0 Å². The van der Waals surface area contributed by atoms with Crippen LogP contribution in [0.2, 0.25) is 0 Å². The highest BCUT2D eigenvalue weighted by atomic mass is 32.2. The maximum Gasteiger partial charge on any atom is 0.244 e. The minimum Gasteiger partial charge on any atom is -0.507 e. The summed E-state index contributed by atoms with van der Waals surface area (Å²) in [5.41, 5.74) is 0. The third-order valence-corrected chi connectivity index (χ3v) is 4.37. The van der Waals surface area contributed by atoms with E-state index in [0.717, 1.165) is 0 Å². The first-order chi connectivity index (χ1) is 8.74. The number of aromatic hydroxyl groups is 1. The van der Waals surface area contributed by atoms with Gasteiger partial charge in [0.15, 0.2) is 0 Å². The van der Waals surface area contributed by atoms with Crippen molar-refractivity contribution in [3.8, 4) is 5.75 Å². The Bertz CT molecular complexity index is 512. The summed E-state index contributed by atoms with van der Waals surface area (Å²) in [5.74, 6) is -0.0783. The molecule has 0 amide bonds. The number of para-hydroxylation sites is 1. The number of hydrogen-bond donors (Lipinski definition) is 2. The maximum absolute atomic E-state index is 12.3. The van der Waals surface area contributed by atoms with Crippen molar-refractivity contribution in [2.24, 2.45) is 5.92 Å². The van der Waals surface area contributed by atoms with Crippen molar-refractivity contribution in [3.05, 3.63) is 24.3 Å². The lowest BCUT2D eigenvalue weighted by Gasteiger charge is -2.25. The first-order valence-corrected chi connectivity index (χ1v) is 7.67. The Labute approximate surface area is 115 Å². The van der Waals surface area contributed by atoms with Gasteiger partial charge in [-0.1, -0.05) is 26.0 Å². The van der Waals surface area contributed by atoms with E-state index in [1.54, 1.807) is 12.1 Å². The zero-order valence-electron chi connectivity index (χ0n) is 11.8. The molecule has 0 saturated carbocycles. The number of rotatable bonds is 6. The van der Waals surface area contributed by atoms with Gasteiger partial charge in [-0.15, -0.1) is 0 Å². The highest BCUT2D eigenvalue weighted by molar-refractivity contribution is 7.89. The molecule has 5 nitrogen and oxygen atoms in total. The third kappa shape index (κ3) is 4.49. The molecule has 0 saturated heterocycles. The van der Waals surface area contributed by atoms with E-state index in [2.05, 4.69) is 4.72 Å². The molecule has 0 aromatic heterocycles. The average Bonchev–Trinajstić information content (AvgIpc) is 2.27. The highest BCUT2D eigenvalue weighted by Crippen LogP contribution is 2.22. The second-order valence-corrected chi connectivity index (χ2v) is 6.88. The number of nitrogens with zero attached hydrogens (tertiary/aromatic N) is 1. The largest absolute Gasteiger partial charge is 0.507 e. The van der Waals surface area contributed by atoms with Crippen LogP contribution >= 0.6 is 0 Å². The summed E-state index contributed by atoms with van der Waals surface area (Å²) in [6, 6.07) is 5.73. The van der Waals surface area contributed by atoms with Crippen molar-refractivity contribution in [2.45, 2.75) is 24.8 Å². The molecule has 0 spiro atoms. The highest BCUT2D eigenvalue weighted by Gasteiger charge is 2.24. The van der Waals surface area contributed by atoms with Crippen LogP contribution in [0, 0.1) is 5.92 Å². The van der Waals surface area contributed by atoms with Gasteiger partial charge >= 0.3 is 0 Å². The van der Waals surface area contributed by atoms with Crippen molar-refractivity contribution in [1.82, 2.24) is 9.62 Å². The second kappa shape index (κ2) is 6.36. The fraction of sp³-hybridized carbons (Fsp3) is 0.538. The molecule has 1 aromatic rings. The lowest BCUT2D eigenvalue weighted by molar-refractivity contribution is 0.314. The Morgan fingerprint density at radius 3 is 2.32 bits per heavy atom. The van der Waals surface area contributed by atoms with Crippen LogP contribution in [0.1, 0.15) is 13.8 Å². The normalized spacial score (nSPS) is 14.0. The molecule has 0 radical (unpaired) electrons. The molecule has 0 aliphatic rings. The molecular formula is C13H22N2O3S. The molecule has 0 aliphatic heterocycles. The Balaban J connectivity index is 2.98. The van der Waals surface area contributed by atoms with Crippen LogP contribution in [-0.2, 0) is 10.0 Å². The zero-order chi connectivity index (χ0) is 14.6. The number of nitrogens with one attached hydrogen (secondary N) is 1. The van der Waals surface area contributed by atoms with E-state index < -0.39 is 10.0 Å². The van der Waals surface area contributed by atoms with E-state index in [9.17, 15) is 13.5 Å². The Morgan fingerprint density at radius 2 is 1.84 bits per heavy atom. The van der Waals surface area contributed by atoms with Crippen LogP contribution in [-0.4, -0.2) is 45.1 Å². The minimum absolute atomic E-state index is 0.0839. The van der Waals surface area contributed by atoms with Crippen LogP contribution < -0.4 is 4.72 Å². The van der Waals surface area contributed by atoms with E-state index in [1.165, 1.54) is 12.1 Å². The second-order valence-electron chi connectivity index (χ2n) is 5.20. The minimum atomic E-state index is -3.71. The van der Waals surface area contributed by atoms with Crippen LogP contribution in [0.4, 0.5) is 0 Å². The molecule has 1 atom stereocenters. The molecule has 2 N–H and O–H groups in total. The first kappa shape index (κ1) is 15.9. The van der Waals surface area contributed by atoms with Gasteiger partial charge in [-0.3, -0.25) is 0 Å². The smallest absolute Gasteiger partial charge is 0.244 e. The fourth-order valence-corrected chi connectivity index (χ4v) is 3.20. The van der Waals surface area contributed by atoms with Crippen LogP contribution in [0.25, 0.3) is 0 Å². The first-order valence-electron chi connectivity index (χ1n) is 6.19. The predicted molar refractivity (Wildman–Crippen MR) is 75.6 cm³/mol. The monoisotopic (exact) mass is 286 g/mol. The molecule has 1 unspecified atom stereocenters. The van der Waals surface area contributed by atoms with Gasteiger partial charge in [-0.05, 0) is 32.1 Å². The summed E-state index contributed by atoms with van der Waals surface area (Å²) in [5, 5.41) is 9.65. The Morgan fingerprint density at radius 1 is 1.26 bits per heavy atom. The number of benzene rings is 1. The zero-order valence-corrected chi connectivity index (χ0v) is 12.6. The molecule has 108 valence electrons. The van der Waals surface area contributed by atoms with Gasteiger partial charge in [0, 0.05) is 12.6 Å². The molecule has 1 rings (SSSR count). The Kier molecular flexibility index (Phi) is 5.34. The third-order valence-electron chi connectivity index (χ3n) is 2.83. The summed E-state index contributed by atoms with van der Waals surface area (Å²) in [6.45, 7) is 4.52. The average molecular weight is 286 g/mol. The standard InChI is InChI=1S/C13H22N2O3S/c1-10(2)11(9-15(3)4)14-19(17,18)13-8-6-5-7-12(13)16/h5-8,10-11,14,16H,9H2,1-4H3. The quantitative estimate of drug-likeness (QED) is 0.826. The van der Waals surface area contributed by atoms with E-state index in [0.29, 0.717) is 6.54 Å². The molecule has 0 fully saturated rings. The van der Waals surface area contributed by atoms with Gasteiger partial charge in [0.25, 0.3) is 0 Å². The fourth-order valence-electron chi connectivity index (χ4n) is 1.72. The van der Waals surface area contributed by atoms with E-state index >= 15 is 0 Å². The number of phenols is 1. The topological polar surface area (TPSA) is 69.6 Å². The molecular weight excluding hydrogens is 264 g/mol. The summed E-state index contributed by atoms with van der Waals surface area (Å²) in [6.07, 6.45) is 0. The van der Waals surface area contributed by atoms with E-state index in [4.69, 9.17) is 0 Å². The molecule has 1 aromatic carbocycles. The number of phenolic OH excluding ortho intramolecular Hbond substituents is 1. The van der Waals surface area contributed by atoms with Gasteiger partial charge in [-0.2, -0.15) is 0 Å². The summed E-state index contributed by atoms with van der Waals surface area (Å²) in [4.78, 5) is 1.84. The molecule has 6 heteroatoms. The van der Waals surface area contributed by atoms with Crippen LogP contribution in [0.15, 0.2) is 29.2 Å². The van der Waals surface area contributed by atoms with Gasteiger partial charge in [0.2, 0.25) is 10.0 Å². The molecule has 0 bridgehead atoms. The van der Waals surface area contributed by atoms with Gasteiger partial charge in [-0.25, -0.2) is 13.1 Å². The molecule has 0 aliphatic carbocycles. The molecule has 19 heavy (non-hydrogen) atoms. The summed E-state index contributed by atoms with van der Waals surface area (Å²) >= 11 is 0. The van der Waals surface area contributed by atoms with Crippen LogP contribution in [0.5, 0.6) is 5.75 Å². The van der Waals surface area contributed by atoms with Crippen molar-refractivity contribution in [3.63, 3.8) is 0 Å². The summed E-state index contributed by atoms with van der Waals surface area (Å²) in [7, 11) is 0.0776. The number of hydrogen-bond acceptors (Lipinski definition) is 4. The number of sulfonamides is 1. The van der Waals surface area contributed by atoms with E-state index in [1.807, 2.05) is 32.8 Å². The van der Waals surface area contributed by atoms with Crippen LogP contribution in [0.3, 0.4) is 0 Å². The lowest BCUT2D eigenvalue weighted by atomic mass is 10.1. The summed E-state index contributed by atoms with van der Waals surface area (Å²) < 4.78 is 27.2. The van der Waals surface area contributed by atoms with E-state index in [-0.39, 0.29) is 22.6 Å².